The fraction of sp³-hybridized carbons (Fsp3) is 0.259. The van der Waals surface area contributed by atoms with Gasteiger partial charge in [0.1, 0.15) is 22.8 Å². The first-order chi connectivity index (χ1) is 17.4. The average Bonchev–Trinajstić information content (AvgIpc) is 2.88. The molecule has 0 fully saturated rings. The number of likely N-dealkylation sites (N-methyl/N-ethyl adjacent to an activating group) is 1. The van der Waals surface area contributed by atoms with Gasteiger partial charge in [0.25, 0.3) is 5.91 Å². The topological polar surface area (TPSA) is 118 Å². The van der Waals surface area contributed by atoms with Crippen LogP contribution in [0.3, 0.4) is 0 Å². The van der Waals surface area contributed by atoms with Crippen molar-refractivity contribution in [3.05, 3.63) is 72.3 Å². The van der Waals surface area contributed by atoms with Gasteiger partial charge in [0.05, 0.1) is 12.8 Å². The van der Waals surface area contributed by atoms with Crippen LogP contribution in [0.2, 0.25) is 0 Å². The summed E-state index contributed by atoms with van der Waals surface area (Å²) in [4.78, 5) is 27.5. The van der Waals surface area contributed by atoms with Crippen molar-refractivity contribution in [1.29, 1.82) is 0 Å². The van der Waals surface area contributed by atoms with Gasteiger partial charge >= 0.3 is 6.03 Å². The molecule has 9 nitrogen and oxygen atoms in total. The molecule has 0 spiro atoms. The molecule has 3 amide bonds. The van der Waals surface area contributed by atoms with E-state index in [0.717, 1.165) is 25.4 Å². The molecule has 3 aromatic rings. The normalized spacial score (nSPS) is 10.6. The van der Waals surface area contributed by atoms with E-state index in [1.54, 1.807) is 30.3 Å². The molecule has 190 valence electrons. The van der Waals surface area contributed by atoms with E-state index in [1.165, 1.54) is 13.2 Å². The van der Waals surface area contributed by atoms with Crippen LogP contribution in [0.15, 0.2) is 66.7 Å². The number of methoxy groups -OCH3 is 1. The van der Waals surface area contributed by atoms with Crippen LogP contribution in [-0.2, 0) is 0 Å². The largest absolute Gasteiger partial charge is 0.496 e. The zero-order valence-electron chi connectivity index (χ0n) is 20.8. The van der Waals surface area contributed by atoms with E-state index < -0.39 is 6.03 Å². The second-order valence-corrected chi connectivity index (χ2v) is 7.94. The van der Waals surface area contributed by atoms with E-state index in [1.807, 2.05) is 30.3 Å². The number of rotatable bonds is 11. The second kappa shape index (κ2) is 13.0. The Bertz CT molecular complexity index is 1150. The van der Waals surface area contributed by atoms with Crippen molar-refractivity contribution in [3.8, 4) is 17.2 Å². The highest BCUT2D eigenvalue weighted by Crippen LogP contribution is 2.29. The number of carbonyl (C=O) groups is 2. The van der Waals surface area contributed by atoms with Crippen molar-refractivity contribution in [2.24, 2.45) is 0 Å². The lowest BCUT2D eigenvalue weighted by Gasteiger charge is -2.19. The number of nitrogens with one attached hydrogen (secondary N) is 3. The summed E-state index contributed by atoms with van der Waals surface area (Å²) in [6.07, 6.45) is 0. The minimum absolute atomic E-state index is 0.201. The highest BCUT2D eigenvalue weighted by atomic mass is 16.5. The van der Waals surface area contributed by atoms with Crippen LogP contribution < -0.4 is 31.2 Å². The van der Waals surface area contributed by atoms with E-state index in [2.05, 4.69) is 34.7 Å². The minimum atomic E-state index is -0.468. The van der Waals surface area contributed by atoms with Gasteiger partial charge in [-0.25, -0.2) is 4.79 Å². The predicted molar refractivity (Wildman–Crippen MR) is 143 cm³/mol. The van der Waals surface area contributed by atoms with Crippen molar-refractivity contribution >= 4 is 29.0 Å². The summed E-state index contributed by atoms with van der Waals surface area (Å²) >= 11 is 0. The zero-order chi connectivity index (χ0) is 25.9. The molecule has 5 N–H and O–H groups in total. The van der Waals surface area contributed by atoms with Crippen LogP contribution in [0, 0.1) is 0 Å². The lowest BCUT2D eigenvalue weighted by molar-refractivity contribution is 0.0947. The number of hydrogen-bond acceptors (Lipinski definition) is 6. The van der Waals surface area contributed by atoms with Crippen LogP contribution in [0.1, 0.15) is 24.2 Å². The minimum Gasteiger partial charge on any atom is -0.496 e. The number of para-hydroxylation sites is 1. The third kappa shape index (κ3) is 7.38. The fourth-order valence-corrected chi connectivity index (χ4v) is 3.59. The van der Waals surface area contributed by atoms with Crippen LogP contribution in [0.25, 0.3) is 0 Å². The van der Waals surface area contributed by atoms with Gasteiger partial charge in [-0.1, -0.05) is 32.0 Å². The first kappa shape index (κ1) is 26.4. The highest BCUT2D eigenvalue weighted by Gasteiger charge is 2.18. The Hall–Kier alpha value is -4.24. The Balaban J connectivity index is 1.60. The SMILES string of the molecule is CCN(CC)CCNC(=O)c1c(N)cc(NC(=O)Nc2ccc(Oc3ccccc3)cc2)cc1OC. The van der Waals surface area contributed by atoms with E-state index in [4.69, 9.17) is 15.2 Å². The molecule has 0 radical (unpaired) electrons. The Morgan fingerprint density at radius 3 is 2.17 bits per heavy atom. The zero-order valence-corrected chi connectivity index (χ0v) is 20.8. The molecule has 0 bridgehead atoms. The molecular formula is C27H33N5O4. The Morgan fingerprint density at radius 2 is 1.53 bits per heavy atom. The lowest BCUT2D eigenvalue weighted by atomic mass is 10.1. The van der Waals surface area contributed by atoms with E-state index >= 15 is 0 Å². The summed E-state index contributed by atoms with van der Waals surface area (Å²) in [5.74, 6) is 1.32. The number of benzene rings is 3. The van der Waals surface area contributed by atoms with Gasteiger partial charge in [-0.3, -0.25) is 4.79 Å². The molecule has 0 aromatic heterocycles. The molecule has 0 saturated heterocycles. The van der Waals surface area contributed by atoms with Gasteiger partial charge in [-0.15, -0.1) is 0 Å². The van der Waals surface area contributed by atoms with E-state index in [0.29, 0.717) is 23.7 Å². The first-order valence-corrected chi connectivity index (χ1v) is 11.8. The first-order valence-electron chi connectivity index (χ1n) is 11.8. The van der Waals surface area contributed by atoms with Crippen molar-refractivity contribution in [2.75, 3.05) is 49.7 Å². The van der Waals surface area contributed by atoms with E-state index in [-0.39, 0.29) is 22.9 Å². The number of hydrogen-bond donors (Lipinski definition) is 4. The summed E-state index contributed by atoms with van der Waals surface area (Å²) in [5.41, 5.74) is 7.56. The van der Waals surface area contributed by atoms with Gasteiger partial charge < -0.3 is 36.1 Å². The molecule has 0 unspecified atom stereocenters. The number of nitrogens with zero attached hydrogens (tertiary/aromatic N) is 1. The second-order valence-electron chi connectivity index (χ2n) is 7.94. The van der Waals surface area contributed by atoms with Gasteiger partial charge in [0.2, 0.25) is 0 Å². The smallest absolute Gasteiger partial charge is 0.323 e. The maximum atomic E-state index is 12.7. The number of nitrogens with two attached hydrogens (primary N) is 1. The molecule has 9 heteroatoms. The fourth-order valence-electron chi connectivity index (χ4n) is 3.59. The van der Waals surface area contributed by atoms with Gasteiger partial charge in [-0.2, -0.15) is 0 Å². The molecule has 0 aliphatic rings. The molecular weight excluding hydrogens is 458 g/mol. The van der Waals surface area contributed by atoms with Crippen LogP contribution in [0.4, 0.5) is 21.9 Å². The number of ether oxygens (including phenoxy) is 2. The number of urea groups is 1. The monoisotopic (exact) mass is 491 g/mol. The third-order valence-electron chi connectivity index (χ3n) is 5.54. The predicted octanol–water partition coefficient (Wildman–Crippen LogP) is 4.79. The standard InChI is InChI=1S/C27H33N5O4/c1-4-32(5-2)16-15-29-26(33)25-23(28)17-20(18-24(25)35-3)31-27(34)30-19-11-13-22(14-12-19)36-21-9-7-6-8-10-21/h6-14,17-18H,4-5,15-16,28H2,1-3H3,(H,29,33)(H2,30,31,34). The summed E-state index contributed by atoms with van der Waals surface area (Å²) < 4.78 is 11.1. The Kier molecular flexibility index (Phi) is 9.53. The summed E-state index contributed by atoms with van der Waals surface area (Å²) in [6, 6.07) is 19.0. The number of carbonyl (C=O) groups excluding carboxylic acids is 2. The number of anilines is 3. The summed E-state index contributed by atoms with van der Waals surface area (Å²) in [6.45, 7) is 7.19. The Labute approximate surface area is 211 Å². The molecule has 3 rings (SSSR count). The molecule has 0 heterocycles. The van der Waals surface area contributed by atoms with Crippen molar-refractivity contribution in [2.45, 2.75) is 13.8 Å². The lowest BCUT2D eigenvalue weighted by Crippen LogP contribution is -2.35. The number of amides is 3. The van der Waals surface area contributed by atoms with Gasteiger partial charge in [0, 0.05) is 30.5 Å². The van der Waals surface area contributed by atoms with Crippen molar-refractivity contribution in [3.63, 3.8) is 0 Å². The van der Waals surface area contributed by atoms with Crippen molar-refractivity contribution < 1.29 is 19.1 Å². The van der Waals surface area contributed by atoms with Crippen LogP contribution in [0.5, 0.6) is 17.2 Å². The van der Waals surface area contributed by atoms with E-state index in [9.17, 15) is 9.59 Å². The van der Waals surface area contributed by atoms with Crippen LogP contribution in [-0.4, -0.2) is 50.1 Å². The number of nitrogen functional groups attached to an aromatic ring is 1. The van der Waals surface area contributed by atoms with Crippen molar-refractivity contribution in [1.82, 2.24) is 10.2 Å². The van der Waals surface area contributed by atoms with Crippen LogP contribution >= 0.6 is 0 Å². The third-order valence-corrected chi connectivity index (χ3v) is 5.54. The Morgan fingerprint density at radius 1 is 0.889 bits per heavy atom. The molecule has 0 aliphatic carbocycles. The average molecular weight is 492 g/mol. The highest BCUT2D eigenvalue weighted by molar-refractivity contribution is 6.05. The van der Waals surface area contributed by atoms with Gasteiger partial charge in [0.15, 0.2) is 0 Å². The molecule has 0 atom stereocenters. The molecule has 36 heavy (non-hydrogen) atoms. The summed E-state index contributed by atoms with van der Waals surface area (Å²) in [7, 11) is 1.45. The summed E-state index contributed by atoms with van der Waals surface area (Å²) in [5, 5.41) is 8.35. The quantitative estimate of drug-likeness (QED) is 0.287. The van der Waals surface area contributed by atoms with Gasteiger partial charge in [-0.05, 0) is 55.6 Å². The molecule has 0 aliphatic heterocycles. The molecule has 0 saturated carbocycles. The maximum absolute atomic E-state index is 12.7. The maximum Gasteiger partial charge on any atom is 0.323 e. The molecule has 3 aromatic carbocycles.